The Morgan fingerprint density at radius 3 is 2.56 bits per heavy atom. The van der Waals surface area contributed by atoms with Gasteiger partial charge in [-0.2, -0.15) is 0 Å². The Morgan fingerprint density at radius 1 is 1.25 bits per heavy atom. The zero-order chi connectivity index (χ0) is 12.0. The molecule has 3 amide bonds. The number of thiophene rings is 1. The van der Waals surface area contributed by atoms with E-state index in [0.717, 1.165) is 11.3 Å². The molecule has 1 heterocycles. The third-order valence-corrected chi connectivity index (χ3v) is 2.15. The first-order chi connectivity index (χ1) is 7.69. The van der Waals surface area contributed by atoms with Gasteiger partial charge in [-0.05, 0) is 16.2 Å². The SMILES string of the molecule is [N-]=[N+]=NC(=O)Nc1cscc1C(=O)N=[N+]=[N-]. The van der Waals surface area contributed by atoms with Gasteiger partial charge in [-0.25, -0.2) is 0 Å². The molecule has 0 fully saturated rings. The van der Waals surface area contributed by atoms with Crippen molar-refractivity contribution in [2.24, 2.45) is 10.2 Å². The van der Waals surface area contributed by atoms with Gasteiger partial charge in [-0.15, -0.1) is 11.3 Å². The highest BCUT2D eigenvalue weighted by atomic mass is 32.1. The van der Waals surface area contributed by atoms with E-state index in [1.54, 1.807) is 0 Å². The zero-order valence-corrected chi connectivity index (χ0v) is 8.38. The van der Waals surface area contributed by atoms with Gasteiger partial charge in [0, 0.05) is 25.7 Å². The zero-order valence-electron chi connectivity index (χ0n) is 7.56. The Hall–Kier alpha value is -2.54. The molecule has 0 aliphatic carbocycles. The molecule has 0 saturated heterocycles. The summed E-state index contributed by atoms with van der Waals surface area (Å²) in [5.41, 5.74) is 16.3. The van der Waals surface area contributed by atoms with E-state index in [9.17, 15) is 9.59 Å². The second-order valence-electron chi connectivity index (χ2n) is 2.31. The van der Waals surface area contributed by atoms with Crippen LogP contribution in [0.5, 0.6) is 0 Å². The minimum Gasteiger partial charge on any atom is -0.319 e. The summed E-state index contributed by atoms with van der Waals surface area (Å²) >= 11 is 1.13. The van der Waals surface area contributed by atoms with Crippen LogP contribution in [0, 0.1) is 0 Å². The van der Waals surface area contributed by atoms with E-state index in [1.807, 2.05) is 0 Å². The molecule has 0 aliphatic rings. The lowest BCUT2D eigenvalue weighted by Crippen LogP contribution is -2.07. The maximum Gasteiger partial charge on any atom is 0.312 e. The first-order valence-corrected chi connectivity index (χ1v) is 4.65. The van der Waals surface area contributed by atoms with Crippen LogP contribution in [0.2, 0.25) is 0 Å². The van der Waals surface area contributed by atoms with E-state index in [4.69, 9.17) is 11.1 Å². The van der Waals surface area contributed by atoms with Gasteiger partial charge in [0.2, 0.25) is 0 Å². The summed E-state index contributed by atoms with van der Waals surface area (Å²) in [6.07, 6.45) is 0. The Kier molecular flexibility index (Phi) is 3.87. The Bertz CT molecular complexity index is 523. The number of nitrogens with one attached hydrogen (secondary N) is 1. The van der Waals surface area contributed by atoms with E-state index in [1.165, 1.54) is 10.8 Å². The normalized spacial score (nSPS) is 8.50. The standard InChI is InChI=1S/C6H3N7O2S/c7-12-10-5(14)3-1-16-2-4(3)9-6(15)11-13-8/h1-2H,(H,9,15). The maximum atomic E-state index is 11.2. The molecule has 1 rings (SSSR count). The number of carbonyl (C=O) groups is 2. The number of anilines is 1. The molecule has 1 aromatic heterocycles. The fourth-order valence-electron chi connectivity index (χ4n) is 0.835. The van der Waals surface area contributed by atoms with Crippen LogP contribution in [-0.2, 0) is 0 Å². The smallest absolute Gasteiger partial charge is 0.312 e. The summed E-state index contributed by atoms with van der Waals surface area (Å²) < 4.78 is 0. The lowest BCUT2D eigenvalue weighted by molar-refractivity contribution is 0.100. The number of amides is 3. The van der Waals surface area contributed by atoms with Gasteiger partial charge in [-0.1, -0.05) is 0 Å². The second kappa shape index (κ2) is 5.37. The van der Waals surface area contributed by atoms with E-state index in [-0.39, 0.29) is 11.3 Å². The topological polar surface area (TPSA) is 144 Å². The molecule has 1 N–H and O–H groups in total. The lowest BCUT2D eigenvalue weighted by Gasteiger charge is -1.99. The summed E-state index contributed by atoms with van der Waals surface area (Å²) in [5.74, 6) is -0.819. The fraction of sp³-hybridized carbons (Fsp3) is 0. The van der Waals surface area contributed by atoms with E-state index < -0.39 is 11.9 Å². The van der Waals surface area contributed by atoms with Crippen LogP contribution in [0.1, 0.15) is 10.4 Å². The fourth-order valence-corrected chi connectivity index (χ4v) is 1.59. The molecule has 80 valence electrons. The van der Waals surface area contributed by atoms with Crippen LogP contribution in [-0.4, -0.2) is 11.9 Å². The Labute approximate surface area is 91.9 Å². The molecule has 0 saturated carbocycles. The van der Waals surface area contributed by atoms with Gasteiger partial charge in [-0.3, -0.25) is 9.59 Å². The number of carbonyl (C=O) groups excluding carboxylic acids is 2. The Balaban J connectivity index is 2.94. The molecule has 16 heavy (non-hydrogen) atoms. The van der Waals surface area contributed by atoms with Crippen LogP contribution < -0.4 is 5.32 Å². The number of azide groups is 2. The first-order valence-electron chi connectivity index (χ1n) is 3.70. The van der Waals surface area contributed by atoms with Gasteiger partial charge in [0.15, 0.2) is 0 Å². The number of hydrogen-bond donors (Lipinski definition) is 1. The van der Waals surface area contributed by atoms with Crippen LogP contribution >= 0.6 is 11.3 Å². The summed E-state index contributed by atoms with van der Waals surface area (Å²) in [7, 11) is 0. The molecular formula is C6H3N7O2S. The van der Waals surface area contributed by atoms with Crippen molar-refractivity contribution in [1.29, 1.82) is 0 Å². The average Bonchev–Trinajstić information content (AvgIpc) is 2.66. The van der Waals surface area contributed by atoms with E-state index >= 15 is 0 Å². The minimum absolute atomic E-state index is 0.0456. The van der Waals surface area contributed by atoms with Crippen molar-refractivity contribution in [3.05, 3.63) is 37.2 Å². The number of urea groups is 1. The highest BCUT2D eigenvalue weighted by molar-refractivity contribution is 7.08. The molecule has 0 bridgehead atoms. The third kappa shape index (κ3) is 2.72. The average molecular weight is 237 g/mol. The van der Waals surface area contributed by atoms with Crippen molar-refractivity contribution >= 4 is 29.0 Å². The number of hydrogen-bond acceptors (Lipinski definition) is 3. The van der Waals surface area contributed by atoms with Crippen molar-refractivity contribution in [2.45, 2.75) is 0 Å². The van der Waals surface area contributed by atoms with Crippen molar-refractivity contribution in [1.82, 2.24) is 0 Å². The molecule has 1 aromatic rings. The quantitative estimate of drug-likeness (QED) is 0.478. The van der Waals surface area contributed by atoms with Gasteiger partial charge in [0.25, 0.3) is 5.91 Å². The van der Waals surface area contributed by atoms with Crippen LogP contribution in [0.25, 0.3) is 20.9 Å². The van der Waals surface area contributed by atoms with Gasteiger partial charge >= 0.3 is 6.03 Å². The summed E-state index contributed by atoms with van der Waals surface area (Å²) in [6.45, 7) is 0. The van der Waals surface area contributed by atoms with Crippen molar-refractivity contribution in [3.8, 4) is 0 Å². The lowest BCUT2D eigenvalue weighted by atomic mass is 10.3. The van der Waals surface area contributed by atoms with Gasteiger partial charge in [0.1, 0.15) is 0 Å². The predicted molar refractivity (Wildman–Crippen MR) is 56.0 cm³/mol. The van der Waals surface area contributed by atoms with E-state index in [0.29, 0.717) is 0 Å². The number of nitrogens with zero attached hydrogens (tertiary/aromatic N) is 6. The molecule has 0 radical (unpaired) electrons. The van der Waals surface area contributed by atoms with E-state index in [2.05, 4.69) is 25.4 Å². The van der Waals surface area contributed by atoms with Crippen molar-refractivity contribution in [2.75, 3.05) is 5.32 Å². The van der Waals surface area contributed by atoms with Gasteiger partial charge < -0.3 is 5.32 Å². The molecule has 0 aromatic carbocycles. The van der Waals surface area contributed by atoms with Gasteiger partial charge in [0.05, 0.1) is 11.3 Å². The molecule has 0 atom stereocenters. The molecule has 0 unspecified atom stereocenters. The maximum absolute atomic E-state index is 11.2. The summed E-state index contributed by atoms with van der Waals surface area (Å²) in [6, 6.07) is -0.948. The molecule has 10 heteroatoms. The molecular weight excluding hydrogens is 234 g/mol. The molecule has 0 aliphatic heterocycles. The minimum atomic E-state index is -0.948. The second-order valence-corrected chi connectivity index (χ2v) is 3.06. The van der Waals surface area contributed by atoms with Crippen molar-refractivity contribution < 1.29 is 9.59 Å². The first kappa shape index (κ1) is 11.5. The van der Waals surface area contributed by atoms with Crippen LogP contribution in [0.3, 0.4) is 0 Å². The predicted octanol–water partition coefficient (Wildman–Crippen LogP) is 3.04. The number of rotatable bonds is 2. The largest absolute Gasteiger partial charge is 0.319 e. The van der Waals surface area contributed by atoms with Crippen molar-refractivity contribution in [3.63, 3.8) is 0 Å². The summed E-state index contributed by atoms with van der Waals surface area (Å²) in [4.78, 5) is 26.7. The monoisotopic (exact) mass is 237 g/mol. The highest BCUT2D eigenvalue weighted by Crippen LogP contribution is 2.22. The van der Waals surface area contributed by atoms with Crippen LogP contribution in [0.4, 0.5) is 10.5 Å². The highest BCUT2D eigenvalue weighted by Gasteiger charge is 2.12. The molecule has 0 spiro atoms. The summed E-state index contributed by atoms with van der Waals surface area (Å²) in [5, 5.41) is 10.7. The molecule has 9 nitrogen and oxygen atoms in total. The Morgan fingerprint density at radius 2 is 1.94 bits per heavy atom. The van der Waals surface area contributed by atoms with Crippen LogP contribution in [0.15, 0.2) is 21.0 Å². The third-order valence-electron chi connectivity index (χ3n) is 1.41.